The highest BCUT2D eigenvalue weighted by Gasteiger charge is 2.13. The van der Waals surface area contributed by atoms with Crippen LogP contribution in [0.25, 0.3) is 10.9 Å². The molecule has 0 aliphatic heterocycles. The summed E-state index contributed by atoms with van der Waals surface area (Å²) >= 11 is 1.59. The van der Waals surface area contributed by atoms with Crippen molar-refractivity contribution in [3.05, 3.63) is 64.5 Å². The predicted octanol–water partition coefficient (Wildman–Crippen LogP) is 3.38. The number of thiophene rings is 1. The monoisotopic (exact) mass is 241 g/mol. The molecule has 0 saturated carbocycles. The molecule has 1 unspecified atom stereocenters. The van der Waals surface area contributed by atoms with E-state index < -0.39 is 6.10 Å². The molecule has 0 amide bonds. The van der Waals surface area contributed by atoms with Crippen LogP contribution in [0.3, 0.4) is 0 Å². The molecule has 1 N–H and O–H groups in total. The fraction of sp³-hybridized carbons (Fsp3) is 0.0714. The Balaban J connectivity index is 2.17. The Labute approximate surface area is 103 Å². The summed E-state index contributed by atoms with van der Waals surface area (Å²) in [6, 6.07) is 11.7. The normalized spacial score (nSPS) is 12.8. The molecule has 0 aliphatic carbocycles. The van der Waals surface area contributed by atoms with E-state index in [9.17, 15) is 5.11 Å². The lowest BCUT2D eigenvalue weighted by atomic mass is 10.00. The summed E-state index contributed by atoms with van der Waals surface area (Å²) in [6.45, 7) is 0. The molecule has 84 valence electrons. The third-order valence-corrected chi connectivity index (χ3v) is 3.53. The molecule has 1 atom stereocenters. The first kappa shape index (κ1) is 10.4. The van der Waals surface area contributed by atoms with Crippen molar-refractivity contribution in [2.75, 3.05) is 0 Å². The summed E-state index contributed by atoms with van der Waals surface area (Å²) in [4.78, 5) is 4.30. The third-order valence-electron chi connectivity index (χ3n) is 2.83. The van der Waals surface area contributed by atoms with E-state index in [4.69, 9.17) is 0 Å². The molecule has 0 spiro atoms. The fourth-order valence-electron chi connectivity index (χ4n) is 1.98. The second kappa shape index (κ2) is 4.28. The van der Waals surface area contributed by atoms with Crippen LogP contribution < -0.4 is 0 Å². The van der Waals surface area contributed by atoms with Crippen LogP contribution >= 0.6 is 11.3 Å². The van der Waals surface area contributed by atoms with E-state index in [1.165, 1.54) is 0 Å². The van der Waals surface area contributed by atoms with Gasteiger partial charge in [0.1, 0.15) is 6.10 Å². The molecule has 0 aliphatic rings. The highest BCUT2D eigenvalue weighted by atomic mass is 32.1. The number of aliphatic hydroxyl groups excluding tert-OH is 1. The van der Waals surface area contributed by atoms with Crippen molar-refractivity contribution >= 4 is 22.2 Å². The molecular weight excluding hydrogens is 230 g/mol. The van der Waals surface area contributed by atoms with Crippen LogP contribution in [0.5, 0.6) is 0 Å². The lowest BCUT2D eigenvalue weighted by molar-refractivity contribution is 0.222. The van der Waals surface area contributed by atoms with Gasteiger partial charge < -0.3 is 5.11 Å². The smallest absolute Gasteiger partial charge is 0.106 e. The van der Waals surface area contributed by atoms with E-state index in [1.807, 2.05) is 47.2 Å². The van der Waals surface area contributed by atoms with Gasteiger partial charge in [0.15, 0.2) is 0 Å². The molecule has 0 fully saturated rings. The van der Waals surface area contributed by atoms with Crippen LogP contribution in [0.1, 0.15) is 17.2 Å². The molecule has 17 heavy (non-hydrogen) atoms. The Bertz CT molecular complexity index is 628. The van der Waals surface area contributed by atoms with Crippen molar-refractivity contribution in [3.63, 3.8) is 0 Å². The number of fused-ring (bicyclic) bond motifs is 1. The molecular formula is C14H11NOS. The van der Waals surface area contributed by atoms with Crippen molar-refractivity contribution in [2.24, 2.45) is 0 Å². The second-order valence-corrected chi connectivity index (χ2v) is 4.66. The first-order valence-corrected chi connectivity index (χ1v) is 6.34. The minimum absolute atomic E-state index is 0.575. The van der Waals surface area contributed by atoms with Crippen LogP contribution in [0.2, 0.25) is 0 Å². The van der Waals surface area contributed by atoms with Crippen molar-refractivity contribution in [1.29, 1.82) is 0 Å². The summed E-state index contributed by atoms with van der Waals surface area (Å²) in [6.07, 6.45) is 1.19. The highest BCUT2D eigenvalue weighted by Crippen LogP contribution is 2.28. The van der Waals surface area contributed by atoms with Crippen LogP contribution in [0, 0.1) is 0 Å². The average Bonchev–Trinajstić information content (AvgIpc) is 2.91. The maximum atomic E-state index is 10.4. The molecule has 3 heteroatoms. The second-order valence-electron chi connectivity index (χ2n) is 3.88. The molecule has 1 aromatic carbocycles. The van der Waals surface area contributed by atoms with Gasteiger partial charge in [-0.15, -0.1) is 0 Å². The van der Waals surface area contributed by atoms with E-state index in [0.717, 1.165) is 22.0 Å². The number of hydrogen-bond acceptors (Lipinski definition) is 3. The van der Waals surface area contributed by atoms with E-state index in [-0.39, 0.29) is 0 Å². The summed E-state index contributed by atoms with van der Waals surface area (Å²) < 4.78 is 0. The van der Waals surface area contributed by atoms with E-state index in [2.05, 4.69) is 4.98 Å². The lowest BCUT2D eigenvalue weighted by Gasteiger charge is -2.12. The number of benzene rings is 1. The fourth-order valence-corrected chi connectivity index (χ4v) is 2.65. The number of pyridine rings is 1. The maximum absolute atomic E-state index is 10.4. The van der Waals surface area contributed by atoms with E-state index in [0.29, 0.717) is 0 Å². The number of hydrogen-bond donors (Lipinski definition) is 1. The summed E-state index contributed by atoms with van der Waals surface area (Å²) in [5, 5.41) is 15.3. The van der Waals surface area contributed by atoms with Gasteiger partial charge >= 0.3 is 0 Å². The van der Waals surface area contributed by atoms with Gasteiger partial charge in [0, 0.05) is 11.6 Å². The zero-order chi connectivity index (χ0) is 11.7. The van der Waals surface area contributed by atoms with Crippen LogP contribution in [0.4, 0.5) is 0 Å². The Morgan fingerprint density at radius 1 is 1.12 bits per heavy atom. The first-order chi connectivity index (χ1) is 8.36. The Morgan fingerprint density at radius 2 is 2.06 bits per heavy atom. The zero-order valence-electron chi connectivity index (χ0n) is 9.08. The van der Waals surface area contributed by atoms with Gasteiger partial charge in [-0.2, -0.15) is 11.3 Å². The molecule has 3 aromatic rings. The first-order valence-electron chi connectivity index (χ1n) is 5.40. The number of aromatic nitrogens is 1. The molecule has 3 rings (SSSR count). The standard InChI is InChI=1S/C14H11NOS/c16-14(10-6-8-17-9-10)12-3-1-5-13-11(12)4-2-7-15-13/h1-9,14,16H. The van der Waals surface area contributed by atoms with Crippen LogP contribution in [-0.4, -0.2) is 10.1 Å². The molecule has 0 saturated heterocycles. The molecule has 0 bridgehead atoms. The van der Waals surface area contributed by atoms with Gasteiger partial charge in [-0.05, 0) is 40.1 Å². The van der Waals surface area contributed by atoms with Gasteiger partial charge in [-0.25, -0.2) is 0 Å². The largest absolute Gasteiger partial charge is 0.384 e. The highest BCUT2D eigenvalue weighted by molar-refractivity contribution is 7.07. The van der Waals surface area contributed by atoms with Gasteiger partial charge in [-0.3, -0.25) is 4.98 Å². The number of nitrogens with zero attached hydrogens (tertiary/aromatic N) is 1. The maximum Gasteiger partial charge on any atom is 0.106 e. The van der Waals surface area contributed by atoms with Crippen LogP contribution in [-0.2, 0) is 0 Å². The van der Waals surface area contributed by atoms with Gasteiger partial charge in [0.25, 0.3) is 0 Å². The topological polar surface area (TPSA) is 33.1 Å². The van der Waals surface area contributed by atoms with E-state index >= 15 is 0 Å². The quantitative estimate of drug-likeness (QED) is 0.746. The van der Waals surface area contributed by atoms with E-state index in [1.54, 1.807) is 17.5 Å². The van der Waals surface area contributed by atoms with Crippen molar-refractivity contribution in [3.8, 4) is 0 Å². The predicted molar refractivity (Wildman–Crippen MR) is 70.1 cm³/mol. The van der Waals surface area contributed by atoms with Crippen LogP contribution in [0.15, 0.2) is 53.4 Å². The number of aliphatic hydroxyl groups is 1. The Morgan fingerprint density at radius 3 is 2.88 bits per heavy atom. The molecule has 2 heterocycles. The summed E-state index contributed by atoms with van der Waals surface area (Å²) in [7, 11) is 0. The van der Waals surface area contributed by atoms with Gasteiger partial charge in [0.05, 0.1) is 5.52 Å². The zero-order valence-corrected chi connectivity index (χ0v) is 9.89. The van der Waals surface area contributed by atoms with Crippen molar-refractivity contribution in [1.82, 2.24) is 4.98 Å². The van der Waals surface area contributed by atoms with Gasteiger partial charge in [-0.1, -0.05) is 18.2 Å². The minimum Gasteiger partial charge on any atom is -0.384 e. The average molecular weight is 241 g/mol. The Kier molecular flexibility index (Phi) is 2.63. The molecule has 0 radical (unpaired) electrons. The van der Waals surface area contributed by atoms with Gasteiger partial charge in [0.2, 0.25) is 0 Å². The van der Waals surface area contributed by atoms with Crippen molar-refractivity contribution < 1.29 is 5.11 Å². The number of rotatable bonds is 2. The molecule has 2 nitrogen and oxygen atoms in total. The molecule has 2 aromatic heterocycles. The Hall–Kier alpha value is -1.71. The third kappa shape index (κ3) is 1.84. The minimum atomic E-state index is -0.575. The summed E-state index contributed by atoms with van der Waals surface area (Å²) in [5.41, 5.74) is 2.76. The SMILES string of the molecule is OC(c1ccsc1)c1cccc2ncccc12. The lowest BCUT2D eigenvalue weighted by Crippen LogP contribution is -1.99. The summed E-state index contributed by atoms with van der Waals surface area (Å²) in [5.74, 6) is 0. The van der Waals surface area contributed by atoms with Crippen molar-refractivity contribution in [2.45, 2.75) is 6.10 Å².